The smallest absolute Gasteiger partial charge is 0.225 e. The summed E-state index contributed by atoms with van der Waals surface area (Å²) in [6.07, 6.45) is 3.09. The fourth-order valence-corrected chi connectivity index (χ4v) is 2.30. The molecule has 1 saturated heterocycles. The molecule has 0 bridgehead atoms. The number of anilines is 1. The summed E-state index contributed by atoms with van der Waals surface area (Å²) in [6, 6.07) is 7.90. The van der Waals surface area contributed by atoms with Gasteiger partial charge in [0.1, 0.15) is 0 Å². The van der Waals surface area contributed by atoms with Crippen LogP contribution in [0.5, 0.6) is 0 Å². The first-order valence-electron chi connectivity index (χ1n) is 6.30. The van der Waals surface area contributed by atoms with Crippen LogP contribution in [0.4, 0.5) is 5.69 Å². The van der Waals surface area contributed by atoms with Crippen molar-refractivity contribution >= 4 is 11.6 Å². The molecule has 1 aromatic carbocycles. The molecule has 1 atom stereocenters. The van der Waals surface area contributed by atoms with Gasteiger partial charge in [-0.05, 0) is 37.0 Å². The molecular weight excluding hydrogens is 212 g/mol. The van der Waals surface area contributed by atoms with Gasteiger partial charge in [0.15, 0.2) is 0 Å². The minimum atomic E-state index is 0.204. The second-order valence-electron chi connectivity index (χ2n) is 4.86. The normalized spacial score (nSPS) is 20.6. The van der Waals surface area contributed by atoms with Crippen molar-refractivity contribution in [2.45, 2.75) is 26.2 Å². The summed E-state index contributed by atoms with van der Waals surface area (Å²) >= 11 is 0. The number of amides is 1. The molecule has 1 heterocycles. The van der Waals surface area contributed by atoms with Crippen molar-refractivity contribution in [3.63, 3.8) is 0 Å². The highest BCUT2D eigenvalue weighted by molar-refractivity contribution is 5.79. The summed E-state index contributed by atoms with van der Waals surface area (Å²) < 4.78 is 0. The van der Waals surface area contributed by atoms with Gasteiger partial charge < -0.3 is 10.6 Å². The van der Waals surface area contributed by atoms with Crippen molar-refractivity contribution in [1.29, 1.82) is 0 Å². The van der Waals surface area contributed by atoms with Crippen molar-refractivity contribution in [3.8, 4) is 0 Å². The molecule has 1 fully saturated rings. The van der Waals surface area contributed by atoms with Gasteiger partial charge in [-0.3, -0.25) is 4.79 Å². The molecule has 2 rings (SSSR count). The van der Waals surface area contributed by atoms with E-state index in [4.69, 9.17) is 5.73 Å². The molecule has 1 aromatic rings. The van der Waals surface area contributed by atoms with E-state index in [0.717, 1.165) is 38.0 Å². The maximum absolute atomic E-state index is 11.9. The fraction of sp³-hybridized carbons (Fsp3) is 0.500. The molecule has 2 N–H and O–H groups in total. The van der Waals surface area contributed by atoms with Gasteiger partial charge in [0, 0.05) is 24.7 Å². The van der Waals surface area contributed by atoms with Crippen LogP contribution in [0.15, 0.2) is 24.3 Å². The van der Waals surface area contributed by atoms with Crippen LogP contribution in [0, 0.1) is 5.92 Å². The summed E-state index contributed by atoms with van der Waals surface area (Å²) in [7, 11) is 0. The maximum atomic E-state index is 11.9. The molecule has 1 amide bonds. The molecular formula is C14H20N2O. The first kappa shape index (κ1) is 12.0. The highest BCUT2D eigenvalue weighted by Crippen LogP contribution is 2.17. The van der Waals surface area contributed by atoms with Gasteiger partial charge >= 0.3 is 0 Å². The topological polar surface area (TPSA) is 46.3 Å². The number of carbonyl (C=O) groups is 1. The lowest BCUT2D eigenvalue weighted by Gasteiger charge is -2.30. The minimum Gasteiger partial charge on any atom is -0.399 e. The predicted molar refractivity (Wildman–Crippen MR) is 69.5 cm³/mol. The Hall–Kier alpha value is -1.51. The highest BCUT2D eigenvalue weighted by atomic mass is 16.2. The zero-order valence-electron chi connectivity index (χ0n) is 10.4. The van der Waals surface area contributed by atoms with Crippen molar-refractivity contribution in [2.24, 2.45) is 5.92 Å². The Morgan fingerprint density at radius 3 is 2.76 bits per heavy atom. The van der Waals surface area contributed by atoms with E-state index >= 15 is 0 Å². The average molecular weight is 232 g/mol. The number of nitrogens with zero attached hydrogens (tertiary/aromatic N) is 1. The average Bonchev–Trinajstić information content (AvgIpc) is 2.33. The lowest BCUT2D eigenvalue weighted by molar-refractivity contribution is -0.137. The van der Waals surface area contributed by atoms with Crippen LogP contribution in [0.2, 0.25) is 0 Å². The Balaban J connectivity index is 1.89. The molecule has 3 nitrogen and oxygen atoms in total. The van der Waals surface area contributed by atoms with Gasteiger partial charge in [0.2, 0.25) is 5.91 Å². The van der Waals surface area contributed by atoms with E-state index in [2.05, 4.69) is 0 Å². The van der Waals surface area contributed by atoms with Gasteiger partial charge in [-0.25, -0.2) is 0 Å². The Kier molecular flexibility index (Phi) is 3.67. The standard InChI is InChI=1S/C14H20N2O/c1-11-3-2-9-16(14(11)17)10-8-12-4-6-13(15)7-5-12/h4-7,11H,2-3,8-10,15H2,1H3. The first-order valence-corrected chi connectivity index (χ1v) is 6.30. The molecule has 0 aliphatic carbocycles. The third-order valence-corrected chi connectivity index (χ3v) is 3.45. The number of nitrogens with two attached hydrogens (primary N) is 1. The van der Waals surface area contributed by atoms with E-state index in [9.17, 15) is 4.79 Å². The van der Waals surface area contributed by atoms with Gasteiger partial charge in [-0.15, -0.1) is 0 Å². The van der Waals surface area contributed by atoms with Gasteiger partial charge in [0.05, 0.1) is 0 Å². The lowest BCUT2D eigenvalue weighted by atomic mass is 9.99. The van der Waals surface area contributed by atoms with E-state index in [0.29, 0.717) is 5.91 Å². The highest BCUT2D eigenvalue weighted by Gasteiger charge is 2.24. The molecule has 0 saturated carbocycles. The van der Waals surface area contributed by atoms with Crippen molar-refractivity contribution in [3.05, 3.63) is 29.8 Å². The predicted octanol–water partition coefficient (Wildman–Crippen LogP) is 2.07. The summed E-state index contributed by atoms with van der Waals surface area (Å²) in [5.74, 6) is 0.516. The van der Waals surface area contributed by atoms with Crippen LogP contribution < -0.4 is 5.73 Å². The second kappa shape index (κ2) is 5.21. The van der Waals surface area contributed by atoms with E-state index in [1.165, 1.54) is 5.56 Å². The van der Waals surface area contributed by atoms with Crippen molar-refractivity contribution < 1.29 is 4.79 Å². The first-order chi connectivity index (χ1) is 8.16. The summed E-state index contributed by atoms with van der Waals surface area (Å²) in [4.78, 5) is 13.9. The minimum absolute atomic E-state index is 0.204. The SMILES string of the molecule is CC1CCCN(CCc2ccc(N)cc2)C1=O. The molecule has 92 valence electrons. The molecule has 1 aliphatic rings. The molecule has 0 radical (unpaired) electrons. The quantitative estimate of drug-likeness (QED) is 0.811. The van der Waals surface area contributed by atoms with Crippen LogP contribution in [-0.2, 0) is 11.2 Å². The van der Waals surface area contributed by atoms with Gasteiger partial charge in [-0.1, -0.05) is 19.1 Å². The number of hydrogen-bond acceptors (Lipinski definition) is 2. The summed E-state index contributed by atoms with van der Waals surface area (Å²) in [5.41, 5.74) is 7.67. The molecule has 17 heavy (non-hydrogen) atoms. The largest absolute Gasteiger partial charge is 0.399 e. The molecule has 0 spiro atoms. The molecule has 3 heteroatoms. The Morgan fingerprint density at radius 2 is 2.06 bits per heavy atom. The monoisotopic (exact) mass is 232 g/mol. The zero-order chi connectivity index (χ0) is 12.3. The Bertz CT molecular complexity index is 386. The van der Waals surface area contributed by atoms with Crippen molar-refractivity contribution in [1.82, 2.24) is 4.90 Å². The van der Waals surface area contributed by atoms with Crippen molar-refractivity contribution in [2.75, 3.05) is 18.8 Å². The summed E-state index contributed by atoms with van der Waals surface area (Å²) in [5, 5.41) is 0. The number of hydrogen-bond donors (Lipinski definition) is 1. The van der Waals surface area contributed by atoms with E-state index < -0.39 is 0 Å². The zero-order valence-corrected chi connectivity index (χ0v) is 10.4. The number of rotatable bonds is 3. The number of carbonyl (C=O) groups excluding carboxylic acids is 1. The number of benzene rings is 1. The molecule has 0 aromatic heterocycles. The van der Waals surface area contributed by atoms with Crippen LogP contribution in [-0.4, -0.2) is 23.9 Å². The number of likely N-dealkylation sites (tertiary alicyclic amines) is 1. The van der Waals surface area contributed by atoms with Crippen LogP contribution in [0.25, 0.3) is 0 Å². The number of piperidine rings is 1. The third kappa shape index (κ3) is 2.99. The Morgan fingerprint density at radius 1 is 1.35 bits per heavy atom. The van der Waals surface area contributed by atoms with Crippen LogP contribution >= 0.6 is 0 Å². The second-order valence-corrected chi connectivity index (χ2v) is 4.86. The number of nitrogen functional groups attached to an aromatic ring is 1. The molecule has 1 aliphatic heterocycles. The fourth-order valence-electron chi connectivity index (χ4n) is 2.30. The van der Waals surface area contributed by atoms with Gasteiger partial charge in [0.25, 0.3) is 0 Å². The van der Waals surface area contributed by atoms with Crippen LogP contribution in [0.1, 0.15) is 25.3 Å². The maximum Gasteiger partial charge on any atom is 0.225 e. The Labute approximate surface area is 103 Å². The van der Waals surface area contributed by atoms with E-state index in [1.54, 1.807) is 0 Å². The third-order valence-electron chi connectivity index (χ3n) is 3.45. The molecule has 1 unspecified atom stereocenters. The van der Waals surface area contributed by atoms with E-state index in [-0.39, 0.29) is 5.92 Å². The lowest BCUT2D eigenvalue weighted by Crippen LogP contribution is -2.41. The van der Waals surface area contributed by atoms with E-state index in [1.807, 2.05) is 36.1 Å². The summed E-state index contributed by atoms with van der Waals surface area (Å²) in [6.45, 7) is 3.77. The van der Waals surface area contributed by atoms with Gasteiger partial charge in [-0.2, -0.15) is 0 Å². The van der Waals surface area contributed by atoms with Crippen LogP contribution in [0.3, 0.4) is 0 Å².